The molecule has 1 aromatic heterocycles. The van der Waals surface area contributed by atoms with E-state index in [0.29, 0.717) is 0 Å². The van der Waals surface area contributed by atoms with Gasteiger partial charge in [0.15, 0.2) is 0 Å². The van der Waals surface area contributed by atoms with Crippen LogP contribution in [0.1, 0.15) is 0 Å². The number of aromatic nitrogens is 2. The molecule has 4 heteroatoms. The standard InChI is InChI=1S/C13H10BrN3/c14-10-2-1-3-11-12(10)17-13(16-11)8-4-6-9(15)7-5-8/h1-7H,15H2,(H,16,17). The van der Waals surface area contributed by atoms with Gasteiger partial charge in [0.05, 0.1) is 5.52 Å². The van der Waals surface area contributed by atoms with E-state index in [2.05, 4.69) is 25.9 Å². The monoisotopic (exact) mass is 287 g/mol. The van der Waals surface area contributed by atoms with Crippen molar-refractivity contribution in [3.63, 3.8) is 0 Å². The molecule has 0 radical (unpaired) electrons. The zero-order valence-electron chi connectivity index (χ0n) is 8.94. The average Bonchev–Trinajstić information content (AvgIpc) is 2.75. The minimum Gasteiger partial charge on any atom is -0.399 e. The molecule has 0 spiro atoms. The Hall–Kier alpha value is -1.81. The van der Waals surface area contributed by atoms with E-state index < -0.39 is 0 Å². The largest absolute Gasteiger partial charge is 0.399 e. The van der Waals surface area contributed by atoms with Crippen LogP contribution in [0.15, 0.2) is 46.9 Å². The molecular formula is C13H10BrN3. The fourth-order valence-electron chi connectivity index (χ4n) is 1.77. The Kier molecular flexibility index (Phi) is 2.37. The molecule has 0 amide bonds. The topological polar surface area (TPSA) is 54.7 Å². The molecule has 3 N–H and O–H groups in total. The molecule has 0 aliphatic rings. The van der Waals surface area contributed by atoms with Gasteiger partial charge < -0.3 is 10.7 Å². The molecule has 0 aliphatic heterocycles. The van der Waals surface area contributed by atoms with Gasteiger partial charge >= 0.3 is 0 Å². The average molecular weight is 288 g/mol. The highest BCUT2D eigenvalue weighted by Crippen LogP contribution is 2.26. The number of halogens is 1. The van der Waals surface area contributed by atoms with Gasteiger partial charge in [0.2, 0.25) is 0 Å². The molecule has 17 heavy (non-hydrogen) atoms. The summed E-state index contributed by atoms with van der Waals surface area (Å²) in [5.74, 6) is 0.854. The van der Waals surface area contributed by atoms with Crippen LogP contribution in [0.4, 0.5) is 5.69 Å². The molecule has 0 aliphatic carbocycles. The quantitative estimate of drug-likeness (QED) is 0.672. The zero-order chi connectivity index (χ0) is 11.8. The van der Waals surface area contributed by atoms with Crippen LogP contribution >= 0.6 is 15.9 Å². The van der Waals surface area contributed by atoms with Gasteiger partial charge in [-0.3, -0.25) is 0 Å². The highest BCUT2D eigenvalue weighted by molar-refractivity contribution is 9.10. The molecule has 3 nitrogen and oxygen atoms in total. The van der Waals surface area contributed by atoms with E-state index in [0.717, 1.165) is 32.6 Å². The van der Waals surface area contributed by atoms with Gasteiger partial charge in [0.25, 0.3) is 0 Å². The predicted octanol–water partition coefficient (Wildman–Crippen LogP) is 3.57. The van der Waals surface area contributed by atoms with Gasteiger partial charge in [0, 0.05) is 15.7 Å². The van der Waals surface area contributed by atoms with Crippen molar-refractivity contribution in [1.82, 2.24) is 9.97 Å². The number of aromatic amines is 1. The lowest BCUT2D eigenvalue weighted by atomic mass is 10.2. The SMILES string of the molecule is Nc1ccc(-c2nc3c(Br)cccc3[nH]2)cc1. The molecule has 0 atom stereocenters. The zero-order valence-corrected chi connectivity index (χ0v) is 10.5. The number of nitrogens with one attached hydrogen (secondary N) is 1. The van der Waals surface area contributed by atoms with Gasteiger partial charge in [-0.1, -0.05) is 6.07 Å². The summed E-state index contributed by atoms with van der Waals surface area (Å²) in [7, 11) is 0. The second-order valence-electron chi connectivity index (χ2n) is 3.84. The van der Waals surface area contributed by atoms with Crippen LogP contribution < -0.4 is 5.73 Å². The van der Waals surface area contributed by atoms with Gasteiger partial charge in [-0.25, -0.2) is 4.98 Å². The first-order valence-corrected chi connectivity index (χ1v) is 6.03. The van der Waals surface area contributed by atoms with Crippen molar-refractivity contribution in [2.45, 2.75) is 0 Å². The number of hydrogen-bond donors (Lipinski definition) is 2. The normalized spacial score (nSPS) is 10.9. The summed E-state index contributed by atoms with van der Waals surface area (Å²) < 4.78 is 0.993. The molecule has 0 saturated carbocycles. The van der Waals surface area contributed by atoms with Crippen molar-refractivity contribution in [3.8, 4) is 11.4 Å². The van der Waals surface area contributed by atoms with E-state index >= 15 is 0 Å². The predicted molar refractivity (Wildman–Crippen MR) is 73.6 cm³/mol. The fourth-order valence-corrected chi connectivity index (χ4v) is 2.23. The van der Waals surface area contributed by atoms with Crippen LogP contribution in [0.2, 0.25) is 0 Å². The number of nitrogens with zero attached hydrogens (tertiary/aromatic N) is 1. The molecule has 84 valence electrons. The molecule has 3 aromatic rings. The summed E-state index contributed by atoms with van der Waals surface area (Å²) in [6.07, 6.45) is 0. The maximum Gasteiger partial charge on any atom is 0.138 e. The molecule has 2 aromatic carbocycles. The lowest BCUT2D eigenvalue weighted by Crippen LogP contribution is -1.84. The van der Waals surface area contributed by atoms with E-state index in [4.69, 9.17) is 5.73 Å². The van der Waals surface area contributed by atoms with Crippen molar-refractivity contribution in [1.29, 1.82) is 0 Å². The Morgan fingerprint density at radius 3 is 2.53 bits per heavy atom. The molecule has 0 fully saturated rings. The van der Waals surface area contributed by atoms with E-state index in [-0.39, 0.29) is 0 Å². The minimum absolute atomic E-state index is 0.756. The number of H-pyrrole nitrogens is 1. The van der Waals surface area contributed by atoms with Crippen molar-refractivity contribution >= 4 is 32.7 Å². The van der Waals surface area contributed by atoms with Crippen LogP contribution in [-0.2, 0) is 0 Å². The summed E-state index contributed by atoms with van der Waals surface area (Å²) in [6, 6.07) is 13.6. The molecule has 0 saturated heterocycles. The smallest absolute Gasteiger partial charge is 0.138 e. The number of hydrogen-bond acceptors (Lipinski definition) is 2. The van der Waals surface area contributed by atoms with Gasteiger partial charge in [-0.15, -0.1) is 0 Å². The molecule has 0 unspecified atom stereocenters. The third-order valence-electron chi connectivity index (χ3n) is 2.65. The Bertz CT molecular complexity index is 671. The first-order chi connectivity index (χ1) is 8.24. The molecule has 3 rings (SSSR count). The molecule has 1 heterocycles. The number of fused-ring (bicyclic) bond motifs is 1. The summed E-state index contributed by atoms with van der Waals surface area (Å²) >= 11 is 3.49. The first-order valence-electron chi connectivity index (χ1n) is 5.24. The summed E-state index contributed by atoms with van der Waals surface area (Å²) in [5.41, 5.74) is 9.41. The van der Waals surface area contributed by atoms with Gasteiger partial charge in [-0.2, -0.15) is 0 Å². The number of benzene rings is 2. The van der Waals surface area contributed by atoms with Crippen LogP contribution in [0.3, 0.4) is 0 Å². The number of nitrogens with two attached hydrogens (primary N) is 1. The number of para-hydroxylation sites is 1. The van der Waals surface area contributed by atoms with E-state index in [1.54, 1.807) is 0 Å². The third kappa shape index (κ3) is 1.80. The Morgan fingerprint density at radius 2 is 1.82 bits per heavy atom. The number of nitrogen functional groups attached to an aromatic ring is 1. The van der Waals surface area contributed by atoms with Crippen molar-refractivity contribution < 1.29 is 0 Å². The van der Waals surface area contributed by atoms with Crippen molar-refractivity contribution in [3.05, 3.63) is 46.9 Å². The second-order valence-corrected chi connectivity index (χ2v) is 4.70. The van der Waals surface area contributed by atoms with Gasteiger partial charge in [-0.05, 0) is 52.3 Å². The highest BCUT2D eigenvalue weighted by Gasteiger charge is 2.06. The molecular weight excluding hydrogens is 278 g/mol. The lowest BCUT2D eigenvalue weighted by molar-refractivity contribution is 1.33. The maximum absolute atomic E-state index is 5.67. The van der Waals surface area contributed by atoms with Crippen LogP contribution in [0.25, 0.3) is 22.4 Å². The third-order valence-corrected chi connectivity index (χ3v) is 3.29. The van der Waals surface area contributed by atoms with Crippen LogP contribution in [0.5, 0.6) is 0 Å². The van der Waals surface area contributed by atoms with Crippen LogP contribution in [-0.4, -0.2) is 9.97 Å². The summed E-state index contributed by atoms with van der Waals surface area (Å²) in [6.45, 7) is 0. The number of imidazole rings is 1. The summed E-state index contributed by atoms with van der Waals surface area (Å²) in [5, 5.41) is 0. The Labute approximate surface area is 107 Å². The maximum atomic E-state index is 5.67. The van der Waals surface area contributed by atoms with Crippen molar-refractivity contribution in [2.24, 2.45) is 0 Å². The molecule has 0 bridgehead atoms. The minimum atomic E-state index is 0.756. The Morgan fingerprint density at radius 1 is 1.06 bits per heavy atom. The van der Waals surface area contributed by atoms with E-state index in [9.17, 15) is 0 Å². The highest BCUT2D eigenvalue weighted by atomic mass is 79.9. The number of rotatable bonds is 1. The summed E-state index contributed by atoms with van der Waals surface area (Å²) in [4.78, 5) is 7.86. The van der Waals surface area contributed by atoms with E-state index in [1.165, 1.54) is 0 Å². The van der Waals surface area contributed by atoms with Crippen molar-refractivity contribution in [2.75, 3.05) is 5.73 Å². The second kappa shape index (κ2) is 3.89. The first kappa shape index (κ1) is 10.4. The van der Waals surface area contributed by atoms with E-state index in [1.807, 2.05) is 42.5 Å². The van der Waals surface area contributed by atoms with Crippen LogP contribution in [0, 0.1) is 0 Å². The Balaban J connectivity index is 2.18. The fraction of sp³-hybridized carbons (Fsp3) is 0. The lowest BCUT2D eigenvalue weighted by Gasteiger charge is -1.96. The van der Waals surface area contributed by atoms with Gasteiger partial charge in [0.1, 0.15) is 11.3 Å². The number of anilines is 1.